The van der Waals surface area contributed by atoms with Crippen LogP contribution in [0.3, 0.4) is 0 Å². The maximum atomic E-state index is 12.4. The van der Waals surface area contributed by atoms with Crippen molar-refractivity contribution < 1.29 is 14.3 Å². The van der Waals surface area contributed by atoms with Crippen LogP contribution >= 0.6 is 11.6 Å². The van der Waals surface area contributed by atoms with Gasteiger partial charge in [0.1, 0.15) is 5.69 Å². The van der Waals surface area contributed by atoms with Gasteiger partial charge < -0.3 is 20.1 Å². The average molecular weight is 383 g/mol. The molecule has 0 bridgehead atoms. The first-order valence-corrected chi connectivity index (χ1v) is 8.58. The molecule has 0 spiro atoms. The second-order valence-corrected chi connectivity index (χ2v) is 6.15. The third-order valence-corrected chi connectivity index (χ3v) is 4.23. The maximum Gasteiger partial charge on any atom is 0.270 e. The van der Waals surface area contributed by atoms with Gasteiger partial charge in [-0.2, -0.15) is 0 Å². The van der Waals surface area contributed by atoms with Crippen molar-refractivity contribution in [3.05, 3.63) is 71.0 Å². The van der Waals surface area contributed by atoms with Gasteiger partial charge in [-0.25, -0.2) is 9.97 Å². The molecule has 0 saturated carbocycles. The SMILES string of the molecule is O=C(NCc1ccc2c(c1)OCO2)c1ccnc(Nc2ccccc2Cl)n1. The second kappa shape index (κ2) is 7.51. The largest absolute Gasteiger partial charge is 0.454 e. The van der Waals surface area contributed by atoms with Gasteiger partial charge >= 0.3 is 0 Å². The summed E-state index contributed by atoms with van der Waals surface area (Å²) >= 11 is 6.12. The highest BCUT2D eigenvalue weighted by Gasteiger charge is 2.14. The van der Waals surface area contributed by atoms with Crippen LogP contribution in [0.25, 0.3) is 0 Å². The number of para-hydroxylation sites is 1. The predicted octanol–water partition coefficient (Wildman–Crippen LogP) is 3.53. The summed E-state index contributed by atoms with van der Waals surface area (Å²) in [6, 6.07) is 14.3. The predicted molar refractivity (Wildman–Crippen MR) is 101 cm³/mol. The van der Waals surface area contributed by atoms with Crippen LogP contribution in [-0.2, 0) is 6.54 Å². The van der Waals surface area contributed by atoms with Crippen molar-refractivity contribution in [3.8, 4) is 11.5 Å². The minimum absolute atomic E-state index is 0.216. The van der Waals surface area contributed by atoms with Gasteiger partial charge in [-0.3, -0.25) is 4.79 Å². The van der Waals surface area contributed by atoms with Crippen molar-refractivity contribution >= 4 is 29.1 Å². The van der Waals surface area contributed by atoms with Gasteiger partial charge in [-0.1, -0.05) is 29.8 Å². The van der Waals surface area contributed by atoms with E-state index in [2.05, 4.69) is 20.6 Å². The highest BCUT2D eigenvalue weighted by molar-refractivity contribution is 6.33. The number of benzene rings is 2. The lowest BCUT2D eigenvalue weighted by molar-refractivity contribution is 0.0946. The summed E-state index contributed by atoms with van der Waals surface area (Å²) in [6.07, 6.45) is 1.52. The molecule has 1 aromatic heterocycles. The normalized spacial score (nSPS) is 11.9. The number of carbonyl (C=O) groups is 1. The molecule has 3 aromatic rings. The number of halogens is 1. The van der Waals surface area contributed by atoms with Crippen molar-refractivity contribution in [2.75, 3.05) is 12.1 Å². The second-order valence-electron chi connectivity index (χ2n) is 5.74. The molecular weight excluding hydrogens is 368 g/mol. The lowest BCUT2D eigenvalue weighted by atomic mass is 10.2. The van der Waals surface area contributed by atoms with Crippen molar-refractivity contribution in [2.45, 2.75) is 6.54 Å². The number of rotatable bonds is 5. The molecule has 0 radical (unpaired) electrons. The Morgan fingerprint density at radius 3 is 2.85 bits per heavy atom. The molecular formula is C19H15ClN4O3. The standard InChI is InChI=1S/C19H15ClN4O3/c20-13-3-1-2-4-14(13)23-19-21-8-7-15(24-19)18(25)22-10-12-5-6-16-17(9-12)27-11-26-16/h1-9H,10-11H2,(H,22,25)(H,21,23,24). The van der Waals surface area contributed by atoms with E-state index in [1.165, 1.54) is 6.20 Å². The molecule has 0 saturated heterocycles. The van der Waals surface area contributed by atoms with E-state index in [0.29, 0.717) is 34.7 Å². The Hall–Kier alpha value is -3.32. The number of carbonyl (C=O) groups excluding carboxylic acids is 1. The molecule has 8 heteroatoms. The highest BCUT2D eigenvalue weighted by Crippen LogP contribution is 2.32. The Balaban J connectivity index is 1.42. The van der Waals surface area contributed by atoms with E-state index in [1.807, 2.05) is 30.3 Å². The molecule has 0 fully saturated rings. The molecule has 0 aliphatic carbocycles. The van der Waals surface area contributed by atoms with E-state index in [9.17, 15) is 4.79 Å². The van der Waals surface area contributed by atoms with Crippen LogP contribution in [0.4, 0.5) is 11.6 Å². The molecule has 1 aliphatic heterocycles. The summed E-state index contributed by atoms with van der Waals surface area (Å²) in [5.74, 6) is 1.36. The Morgan fingerprint density at radius 2 is 1.96 bits per heavy atom. The summed E-state index contributed by atoms with van der Waals surface area (Å²) in [7, 11) is 0. The Morgan fingerprint density at radius 1 is 1.11 bits per heavy atom. The van der Waals surface area contributed by atoms with Crippen LogP contribution in [-0.4, -0.2) is 22.7 Å². The fraction of sp³-hybridized carbons (Fsp3) is 0.105. The number of nitrogens with one attached hydrogen (secondary N) is 2. The molecule has 7 nitrogen and oxygen atoms in total. The zero-order chi connectivity index (χ0) is 18.6. The van der Waals surface area contributed by atoms with Crippen LogP contribution in [0.5, 0.6) is 11.5 Å². The first kappa shape index (κ1) is 17.1. The zero-order valence-corrected chi connectivity index (χ0v) is 14.9. The fourth-order valence-corrected chi connectivity index (χ4v) is 2.74. The first-order chi connectivity index (χ1) is 13.2. The number of hydrogen-bond donors (Lipinski definition) is 2. The first-order valence-electron chi connectivity index (χ1n) is 8.20. The summed E-state index contributed by atoms with van der Waals surface area (Å²) in [4.78, 5) is 20.8. The van der Waals surface area contributed by atoms with E-state index in [0.717, 1.165) is 5.56 Å². The molecule has 4 rings (SSSR count). The van der Waals surface area contributed by atoms with Crippen molar-refractivity contribution in [1.82, 2.24) is 15.3 Å². The molecule has 136 valence electrons. The van der Waals surface area contributed by atoms with Crippen LogP contribution in [0, 0.1) is 0 Å². The molecule has 1 aliphatic rings. The topological polar surface area (TPSA) is 85.4 Å². The number of aromatic nitrogens is 2. The van der Waals surface area contributed by atoms with Gasteiger partial charge in [-0.15, -0.1) is 0 Å². The summed E-state index contributed by atoms with van der Waals surface area (Å²) in [6.45, 7) is 0.556. The van der Waals surface area contributed by atoms with Gasteiger partial charge in [-0.05, 0) is 35.9 Å². The number of nitrogens with zero attached hydrogens (tertiary/aromatic N) is 2. The van der Waals surface area contributed by atoms with Crippen LogP contribution in [0.15, 0.2) is 54.7 Å². The fourth-order valence-electron chi connectivity index (χ4n) is 2.55. The Labute approximate surface area is 160 Å². The molecule has 2 N–H and O–H groups in total. The van der Waals surface area contributed by atoms with E-state index >= 15 is 0 Å². The summed E-state index contributed by atoms with van der Waals surface area (Å²) in [5.41, 5.74) is 1.81. The van der Waals surface area contributed by atoms with E-state index < -0.39 is 0 Å². The minimum Gasteiger partial charge on any atom is -0.454 e. The number of ether oxygens (including phenoxy) is 2. The van der Waals surface area contributed by atoms with Gasteiger partial charge in [0.15, 0.2) is 11.5 Å². The van der Waals surface area contributed by atoms with E-state index in [-0.39, 0.29) is 18.4 Å². The monoisotopic (exact) mass is 382 g/mol. The Bertz CT molecular complexity index is 996. The highest BCUT2D eigenvalue weighted by atomic mass is 35.5. The van der Waals surface area contributed by atoms with Crippen molar-refractivity contribution in [1.29, 1.82) is 0 Å². The third-order valence-electron chi connectivity index (χ3n) is 3.90. The summed E-state index contributed by atoms with van der Waals surface area (Å²) in [5, 5.41) is 6.37. The molecule has 27 heavy (non-hydrogen) atoms. The van der Waals surface area contributed by atoms with Crippen molar-refractivity contribution in [3.63, 3.8) is 0 Å². The van der Waals surface area contributed by atoms with Gasteiger partial charge in [0.2, 0.25) is 12.7 Å². The van der Waals surface area contributed by atoms with Gasteiger partial charge in [0.25, 0.3) is 5.91 Å². The number of anilines is 2. The molecule has 2 heterocycles. The minimum atomic E-state index is -0.308. The van der Waals surface area contributed by atoms with Crippen LogP contribution in [0.2, 0.25) is 5.02 Å². The molecule has 1 amide bonds. The Kier molecular flexibility index (Phi) is 4.76. The zero-order valence-electron chi connectivity index (χ0n) is 14.1. The van der Waals surface area contributed by atoms with E-state index in [4.69, 9.17) is 21.1 Å². The average Bonchev–Trinajstić information content (AvgIpc) is 3.16. The maximum absolute atomic E-state index is 12.4. The van der Waals surface area contributed by atoms with Crippen LogP contribution < -0.4 is 20.1 Å². The third kappa shape index (κ3) is 3.93. The smallest absolute Gasteiger partial charge is 0.270 e. The van der Waals surface area contributed by atoms with Crippen LogP contribution in [0.1, 0.15) is 16.1 Å². The molecule has 0 atom stereocenters. The number of amides is 1. The summed E-state index contributed by atoms with van der Waals surface area (Å²) < 4.78 is 10.6. The van der Waals surface area contributed by atoms with E-state index in [1.54, 1.807) is 18.2 Å². The van der Waals surface area contributed by atoms with Crippen molar-refractivity contribution in [2.24, 2.45) is 0 Å². The quantitative estimate of drug-likeness (QED) is 0.702. The molecule has 2 aromatic carbocycles. The van der Waals surface area contributed by atoms with Gasteiger partial charge in [0, 0.05) is 12.7 Å². The lowest BCUT2D eigenvalue weighted by Crippen LogP contribution is -2.24. The number of fused-ring (bicyclic) bond motifs is 1. The molecule has 0 unspecified atom stereocenters. The van der Waals surface area contributed by atoms with Gasteiger partial charge in [0.05, 0.1) is 10.7 Å². The number of hydrogen-bond acceptors (Lipinski definition) is 6. The lowest BCUT2D eigenvalue weighted by Gasteiger charge is -2.09.